The minimum absolute atomic E-state index is 0.0533. The maximum absolute atomic E-state index is 13.3. The third-order valence-electron chi connectivity index (χ3n) is 2.85. The van der Waals surface area contributed by atoms with E-state index in [-0.39, 0.29) is 37.0 Å². The lowest BCUT2D eigenvalue weighted by atomic mass is 10.1. The summed E-state index contributed by atoms with van der Waals surface area (Å²) in [6.07, 6.45) is 0.116. The van der Waals surface area contributed by atoms with Crippen molar-refractivity contribution in [2.45, 2.75) is 6.42 Å². The van der Waals surface area contributed by atoms with E-state index in [0.29, 0.717) is 5.56 Å². The molecule has 0 atom stereocenters. The summed E-state index contributed by atoms with van der Waals surface area (Å²) in [5, 5.41) is 2.59. The van der Waals surface area contributed by atoms with E-state index in [1.165, 1.54) is 30.3 Å². The van der Waals surface area contributed by atoms with Crippen molar-refractivity contribution >= 4 is 5.91 Å². The quantitative estimate of drug-likeness (QED) is 0.833. The van der Waals surface area contributed by atoms with Gasteiger partial charge in [0.05, 0.1) is 13.0 Å². The van der Waals surface area contributed by atoms with Crippen molar-refractivity contribution in [3.05, 3.63) is 65.5 Å². The molecule has 0 aliphatic carbocycles. The van der Waals surface area contributed by atoms with Gasteiger partial charge in [0, 0.05) is 6.07 Å². The number of rotatable bonds is 6. The Bertz CT molecular complexity index is 644. The van der Waals surface area contributed by atoms with Crippen molar-refractivity contribution in [1.29, 1.82) is 0 Å². The number of hydrogen-bond donors (Lipinski definition) is 1. The zero-order valence-electron chi connectivity index (χ0n) is 11.6. The van der Waals surface area contributed by atoms with Gasteiger partial charge in [-0.3, -0.25) is 4.79 Å². The zero-order valence-corrected chi connectivity index (χ0v) is 11.6. The molecule has 2 aromatic carbocycles. The van der Waals surface area contributed by atoms with Crippen LogP contribution in [0.4, 0.5) is 13.2 Å². The third kappa shape index (κ3) is 4.80. The predicted molar refractivity (Wildman–Crippen MR) is 75.0 cm³/mol. The highest BCUT2D eigenvalue weighted by atomic mass is 19.1. The van der Waals surface area contributed by atoms with Crippen LogP contribution in [0.2, 0.25) is 0 Å². The Morgan fingerprint density at radius 2 is 1.68 bits per heavy atom. The van der Waals surface area contributed by atoms with E-state index in [1.54, 1.807) is 0 Å². The molecule has 0 aliphatic rings. The molecular formula is C16H14F3NO2. The molecule has 0 unspecified atom stereocenters. The summed E-state index contributed by atoms with van der Waals surface area (Å²) in [6.45, 7) is 0.231. The minimum atomic E-state index is -0.794. The van der Waals surface area contributed by atoms with Gasteiger partial charge < -0.3 is 10.1 Å². The fourth-order valence-electron chi connectivity index (χ4n) is 1.79. The summed E-state index contributed by atoms with van der Waals surface area (Å²) in [7, 11) is 0. The Balaban J connectivity index is 1.72. The van der Waals surface area contributed by atoms with E-state index >= 15 is 0 Å². The first-order valence-electron chi connectivity index (χ1n) is 6.63. The number of halogens is 3. The molecule has 1 amide bonds. The van der Waals surface area contributed by atoms with Crippen molar-refractivity contribution in [2.75, 3.05) is 13.2 Å². The van der Waals surface area contributed by atoms with E-state index in [9.17, 15) is 18.0 Å². The van der Waals surface area contributed by atoms with Gasteiger partial charge in [0.1, 0.15) is 18.2 Å². The molecule has 0 fully saturated rings. The van der Waals surface area contributed by atoms with Gasteiger partial charge in [0.25, 0.3) is 0 Å². The summed E-state index contributed by atoms with van der Waals surface area (Å²) >= 11 is 0. The second-order valence-corrected chi connectivity index (χ2v) is 4.58. The number of benzene rings is 2. The number of carbonyl (C=O) groups excluding carboxylic acids is 1. The largest absolute Gasteiger partial charge is 0.489 e. The van der Waals surface area contributed by atoms with E-state index in [2.05, 4.69) is 5.32 Å². The Morgan fingerprint density at radius 1 is 1.00 bits per heavy atom. The molecule has 0 saturated heterocycles. The number of amides is 1. The summed E-state index contributed by atoms with van der Waals surface area (Å²) < 4.78 is 43.8. The Morgan fingerprint density at radius 3 is 2.36 bits per heavy atom. The first-order valence-corrected chi connectivity index (χ1v) is 6.63. The van der Waals surface area contributed by atoms with Crippen LogP contribution in [0.3, 0.4) is 0 Å². The van der Waals surface area contributed by atoms with Gasteiger partial charge >= 0.3 is 0 Å². The highest BCUT2D eigenvalue weighted by molar-refractivity contribution is 5.78. The highest BCUT2D eigenvalue weighted by Gasteiger charge is 2.06. The molecule has 0 bridgehead atoms. The highest BCUT2D eigenvalue weighted by Crippen LogP contribution is 2.17. The Labute approximate surface area is 125 Å². The van der Waals surface area contributed by atoms with Gasteiger partial charge in [0.15, 0.2) is 11.6 Å². The van der Waals surface area contributed by atoms with Crippen LogP contribution < -0.4 is 10.1 Å². The van der Waals surface area contributed by atoms with E-state index in [1.807, 2.05) is 0 Å². The van der Waals surface area contributed by atoms with Crippen molar-refractivity contribution < 1.29 is 22.7 Å². The molecule has 0 spiro atoms. The van der Waals surface area contributed by atoms with Crippen LogP contribution in [0.15, 0.2) is 42.5 Å². The maximum atomic E-state index is 13.3. The molecule has 1 N–H and O–H groups in total. The SMILES string of the molecule is O=C(Cc1ccc(F)cc1)NCCOc1ccc(F)cc1F. The van der Waals surface area contributed by atoms with Crippen LogP contribution in [0.5, 0.6) is 5.75 Å². The summed E-state index contributed by atoms with van der Waals surface area (Å²) in [6, 6.07) is 8.61. The Kier molecular flexibility index (Phi) is 5.41. The molecule has 116 valence electrons. The number of nitrogens with one attached hydrogen (secondary N) is 1. The predicted octanol–water partition coefficient (Wildman–Crippen LogP) is 2.84. The molecule has 2 aromatic rings. The number of ether oxygens (including phenoxy) is 1. The fourth-order valence-corrected chi connectivity index (χ4v) is 1.79. The fraction of sp³-hybridized carbons (Fsp3) is 0.188. The van der Waals surface area contributed by atoms with Crippen molar-refractivity contribution in [3.63, 3.8) is 0 Å². The zero-order chi connectivity index (χ0) is 15.9. The summed E-state index contributed by atoms with van der Waals surface area (Å²) in [5.41, 5.74) is 0.685. The molecule has 0 radical (unpaired) electrons. The van der Waals surface area contributed by atoms with Crippen LogP contribution in [0.1, 0.15) is 5.56 Å². The smallest absolute Gasteiger partial charge is 0.224 e. The maximum Gasteiger partial charge on any atom is 0.224 e. The molecule has 3 nitrogen and oxygen atoms in total. The standard InChI is InChI=1S/C16H14F3NO2/c17-12-3-1-11(2-4-12)9-16(21)20-7-8-22-15-6-5-13(18)10-14(15)19/h1-6,10H,7-9H2,(H,20,21). The normalized spacial score (nSPS) is 10.3. The second kappa shape index (κ2) is 7.49. The van der Waals surface area contributed by atoms with Gasteiger partial charge in [-0.15, -0.1) is 0 Å². The lowest BCUT2D eigenvalue weighted by molar-refractivity contribution is -0.120. The Hall–Kier alpha value is -2.50. The van der Waals surface area contributed by atoms with Gasteiger partial charge in [-0.2, -0.15) is 0 Å². The van der Waals surface area contributed by atoms with Crippen molar-refractivity contribution in [2.24, 2.45) is 0 Å². The topological polar surface area (TPSA) is 38.3 Å². The molecule has 0 aromatic heterocycles. The second-order valence-electron chi connectivity index (χ2n) is 4.58. The lowest BCUT2D eigenvalue weighted by Crippen LogP contribution is -2.29. The molecule has 2 rings (SSSR count). The lowest BCUT2D eigenvalue weighted by Gasteiger charge is -2.08. The van der Waals surface area contributed by atoms with Gasteiger partial charge in [0.2, 0.25) is 5.91 Å². The van der Waals surface area contributed by atoms with Crippen LogP contribution in [0.25, 0.3) is 0 Å². The van der Waals surface area contributed by atoms with Crippen LogP contribution in [-0.4, -0.2) is 19.1 Å². The van der Waals surface area contributed by atoms with Crippen LogP contribution in [0, 0.1) is 17.5 Å². The van der Waals surface area contributed by atoms with E-state index in [4.69, 9.17) is 4.74 Å². The minimum Gasteiger partial charge on any atom is -0.489 e. The molecule has 6 heteroatoms. The molecule has 22 heavy (non-hydrogen) atoms. The average Bonchev–Trinajstić information content (AvgIpc) is 2.48. The number of hydrogen-bond acceptors (Lipinski definition) is 2. The summed E-state index contributed by atoms with van der Waals surface area (Å²) in [4.78, 5) is 11.6. The first kappa shape index (κ1) is 15.9. The van der Waals surface area contributed by atoms with Gasteiger partial charge in [-0.25, -0.2) is 13.2 Å². The van der Waals surface area contributed by atoms with Crippen LogP contribution in [-0.2, 0) is 11.2 Å². The molecule has 0 aliphatic heterocycles. The molecule has 0 saturated carbocycles. The van der Waals surface area contributed by atoms with Crippen LogP contribution >= 0.6 is 0 Å². The van der Waals surface area contributed by atoms with Crippen molar-refractivity contribution in [1.82, 2.24) is 5.32 Å². The monoisotopic (exact) mass is 309 g/mol. The molecular weight excluding hydrogens is 295 g/mol. The third-order valence-corrected chi connectivity index (χ3v) is 2.85. The van der Waals surface area contributed by atoms with Gasteiger partial charge in [-0.05, 0) is 29.8 Å². The average molecular weight is 309 g/mol. The summed E-state index contributed by atoms with van der Waals surface area (Å²) in [5.74, 6) is -2.17. The molecule has 0 heterocycles. The van der Waals surface area contributed by atoms with E-state index in [0.717, 1.165) is 12.1 Å². The van der Waals surface area contributed by atoms with Gasteiger partial charge in [-0.1, -0.05) is 12.1 Å². The van der Waals surface area contributed by atoms with Crippen molar-refractivity contribution in [3.8, 4) is 5.75 Å². The number of carbonyl (C=O) groups is 1. The first-order chi connectivity index (χ1) is 10.5. The van der Waals surface area contributed by atoms with E-state index < -0.39 is 11.6 Å².